The molecule has 0 fully saturated rings. The van der Waals surface area contributed by atoms with Gasteiger partial charge in [-0.1, -0.05) is 12.2 Å². The zero-order chi connectivity index (χ0) is 17.8. The van der Waals surface area contributed by atoms with E-state index >= 15 is 0 Å². The summed E-state index contributed by atoms with van der Waals surface area (Å²) in [4.78, 5) is 11.4. The van der Waals surface area contributed by atoms with E-state index in [-0.39, 0.29) is 30.3 Å². The van der Waals surface area contributed by atoms with Gasteiger partial charge >= 0.3 is 5.97 Å². The van der Waals surface area contributed by atoms with E-state index in [1.165, 1.54) is 6.08 Å². The molecule has 1 rings (SSSR count). The number of benzene rings is 1. The van der Waals surface area contributed by atoms with Crippen LogP contribution in [0.25, 0.3) is 6.08 Å². The fourth-order valence-electron chi connectivity index (χ4n) is 2.28. The molecule has 0 amide bonds. The van der Waals surface area contributed by atoms with Crippen LogP contribution in [-0.4, -0.2) is 33.5 Å². The van der Waals surface area contributed by atoms with Gasteiger partial charge in [-0.3, -0.25) is 4.79 Å². The Balaban J connectivity index is 2.98. The molecule has 0 saturated heterocycles. The molecule has 0 radical (unpaired) electrons. The van der Waals surface area contributed by atoms with Crippen LogP contribution in [0.1, 0.15) is 48.9 Å². The van der Waals surface area contributed by atoms with E-state index in [0.717, 1.165) is 0 Å². The summed E-state index contributed by atoms with van der Waals surface area (Å²) in [6.45, 7) is 8.78. The van der Waals surface area contributed by atoms with Crippen molar-refractivity contribution in [1.82, 2.24) is 0 Å². The van der Waals surface area contributed by atoms with Gasteiger partial charge in [0.1, 0.15) is 11.5 Å². The summed E-state index contributed by atoms with van der Waals surface area (Å²) < 4.78 is 4.84. The van der Waals surface area contributed by atoms with Crippen molar-refractivity contribution < 1.29 is 24.9 Å². The van der Waals surface area contributed by atoms with Crippen LogP contribution in [0.4, 0.5) is 0 Å². The number of esters is 1. The molecule has 1 atom stereocenters. The number of aromatic hydroxyl groups is 2. The first-order chi connectivity index (χ1) is 10.6. The first-order valence-corrected chi connectivity index (χ1v) is 7.69. The molecule has 0 spiro atoms. The highest BCUT2D eigenvalue weighted by Crippen LogP contribution is 2.37. The monoisotopic (exact) mass is 322 g/mol. The average molecular weight is 322 g/mol. The van der Waals surface area contributed by atoms with Crippen LogP contribution in [0.3, 0.4) is 0 Å². The Labute approximate surface area is 137 Å². The lowest BCUT2D eigenvalue weighted by Crippen LogP contribution is -2.22. The van der Waals surface area contributed by atoms with E-state index in [9.17, 15) is 20.1 Å². The largest absolute Gasteiger partial charge is 0.507 e. The van der Waals surface area contributed by atoms with Crippen LogP contribution in [-0.2, 0) is 9.53 Å². The molecule has 5 nitrogen and oxygen atoms in total. The van der Waals surface area contributed by atoms with Gasteiger partial charge in [0.2, 0.25) is 0 Å². The fraction of sp³-hybridized carbons (Fsp3) is 0.500. The van der Waals surface area contributed by atoms with Gasteiger partial charge in [-0.2, -0.15) is 0 Å². The van der Waals surface area contributed by atoms with Crippen molar-refractivity contribution in [2.24, 2.45) is 0 Å². The Bertz CT molecular complexity index is 585. The van der Waals surface area contributed by atoms with Crippen LogP contribution in [0, 0.1) is 20.8 Å². The summed E-state index contributed by atoms with van der Waals surface area (Å²) in [6, 6.07) is 0. The summed E-state index contributed by atoms with van der Waals surface area (Å²) >= 11 is 0. The van der Waals surface area contributed by atoms with E-state index in [1.54, 1.807) is 40.7 Å². The van der Waals surface area contributed by atoms with Crippen LogP contribution in [0.2, 0.25) is 0 Å². The minimum atomic E-state index is -1.22. The maximum atomic E-state index is 11.4. The number of ether oxygens (including phenoxy) is 1. The Kier molecular flexibility index (Phi) is 6.21. The molecule has 0 aliphatic carbocycles. The molecule has 3 N–H and O–H groups in total. The van der Waals surface area contributed by atoms with Crippen molar-refractivity contribution in [3.63, 3.8) is 0 Å². The van der Waals surface area contributed by atoms with Crippen molar-refractivity contribution in [1.29, 1.82) is 0 Å². The van der Waals surface area contributed by atoms with E-state index in [1.807, 2.05) is 0 Å². The highest BCUT2D eigenvalue weighted by molar-refractivity contribution is 5.70. The van der Waals surface area contributed by atoms with Crippen molar-refractivity contribution in [3.05, 3.63) is 28.3 Å². The van der Waals surface area contributed by atoms with Crippen molar-refractivity contribution in [3.8, 4) is 11.5 Å². The Morgan fingerprint density at radius 1 is 1.13 bits per heavy atom. The van der Waals surface area contributed by atoms with Crippen LogP contribution < -0.4 is 0 Å². The molecule has 0 bridgehead atoms. The van der Waals surface area contributed by atoms with Crippen molar-refractivity contribution in [2.45, 2.75) is 53.1 Å². The lowest BCUT2D eigenvalue weighted by molar-refractivity contribution is -0.144. The highest BCUT2D eigenvalue weighted by Gasteiger charge is 2.20. The molecule has 1 aromatic carbocycles. The van der Waals surface area contributed by atoms with E-state index in [4.69, 9.17) is 4.74 Å². The SMILES string of the molecule is CCOC(=O)CCC(C)(O)/C=C/c1c(C)c(O)c(C)c(C)c1O. The standard InChI is InChI=1S/C18H26O5/c1-6-23-15(19)8-10-18(5,22)9-7-14-13(4)16(20)11(2)12(3)17(14)21/h7,9,20-22H,6,8,10H2,1-5H3/b9-7+. The number of aliphatic hydroxyl groups is 1. The summed E-state index contributed by atoms with van der Waals surface area (Å²) in [5.41, 5.74) is 1.01. The Hall–Kier alpha value is -2.01. The topological polar surface area (TPSA) is 87.0 Å². The first kappa shape index (κ1) is 19.0. The first-order valence-electron chi connectivity index (χ1n) is 7.69. The van der Waals surface area contributed by atoms with E-state index in [2.05, 4.69) is 0 Å². The molecule has 0 saturated carbocycles. The smallest absolute Gasteiger partial charge is 0.305 e. The number of carbonyl (C=O) groups is 1. The summed E-state index contributed by atoms with van der Waals surface area (Å²) in [6.07, 6.45) is 3.40. The second-order valence-corrected chi connectivity index (χ2v) is 5.98. The van der Waals surface area contributed by atoms with Gasteiger partial charge in [-0.25, -0.2) is 0 Å². The van der Waals surface area contributed by atoms with Gasteiger partial charge in [-0.05, 0) is 52.2 Å². The Morgan fingerprint density at radius 2 is 1.70 bits per heavy atom. The number of hydrogen-bond acceptors (Lipinski definition) is 5. The lowest BCUT2D eigenvalue weighted by atomic mass is 9.94. The predicted octanol–water partition coefficient (Wildman–Crippen LogP) is 3.13. The van der Waals surface area contributed by atoms with Crippen LogP contribution in [0.15, 0.2) is 6.08 Å². The quantitative estimate of drug-likeness (QED) is 0.553. The van der Waals surface area contributed by atoms with Gasteiger partial charge in [0.25, 0.3) is 0 Å². The third-order valence-corrected chi connectivity index (χ3v) is 4.04. The highest BCUT2D eigenvalue weighted by atomic mass is 16.5. The van der Waals surface area contributed by atoms with Gasteiger partial charge < -0.3 is 20.1 Å². The normalized spacial score (nSPS) is 14.0. The Morgan fingerprint density at radius 3 is 2.26 bits per heavy atom. The fourth-order valence-corrected chi connectivity index (χ4v) is 2.28. The molecule has 5 heteroatoms. The predicted molar refractivity (Wildman–Crippen MR) is 89.5 cm³/mol. The van der Waals surface area contributed by atoms with Crippen molar-refractivity contribution in [2.75, 3.05) is 6.61 Å². The summed E-state index contributed by atoms with van der Waals surface area (Å²) in [5.74, 6) is -0.148. The molecule has 1 aromatic rings. The molecule has 0 aromatic heterocycles. The number of carbonyl (C=O) groups excluding carboxylic acids is 1. The number of phenolic OH excluding ortho intramolecular Hbond substituents is 2. The molecule has 23 heavy (non-hydrogen) atoms. The molecule has 0 aliphatic heterocycles. The number of rotatable bonds is 6. The van der Waals surface area contributed by atoms with Crippen LogP contribution in [0.5, 0.6) is 11.5 Å². The van der Waals surface area contributed by atoms with Crippen molar-refractivity contribution >= 4 is 12.0 Å². The molecule has 0 heterocycles. The summed E-state index contributed by atoms with van der Waals surface area (Å²) in [7, 11) is 0. The number of phenols is 2. The van der Waals surface area contributed by atoms with Gasteiger partial charge in [-0.15, -0.1) is 0 Å². The van der Waals surface area contributed by atoms with Gasteiger partial charge in [0, 0.05) is 17.5 Å². The van der Waals surface area contributed by atoms with E-state index < -0.39 is 5.60 Å². The minimum Gasteiger partial charge on any atom is -0.507 e. The summed E-state index contributed by atoms with van der Waals surface area (Å²) in [5, 5.41) is 30.7. The second kappa shape index (κ2) is 7.51. The third-order valence-electron chi connectivity index (χ3n) is 4.04. The maximum absolute atomic E-state index is 11.4. The molecule has 0 aliphatic rings. The molecular formula is C18H26O5. The van der Waals surface area contributed by atoms with E-state index in [0.29, 0.717) is 28.9 Å². The van der Waals surface area contributed by atoms with Gasteiger partial charge in [0.15, 0.2) is 0 Å². The number of hydrogen-bond donors (Lipinski definition) is 3. The average Bonchev–Trinajstić information content (AvgIpc) is 2.49. The molecular weight excluding hydrogens is 296 g/mol. The van der Waals surface area contributed by atoms with Crippen LogP contribution >= 0.6 is 0 Å². The lowest BCUT2D eigenvalue weighted by Gasteiger charge is -2.19. The third kappa shape index (κ3) is 4.73. The molecule has 128 valence electrons. The van der Waals surface area contributed by atoms with Gasteiger partial charge in [0.05, 0.1) is 12.2 Å². The zero-order valence-corrected chi connectivity index (χ0v) is 14.4. The minimum absolute atomic E-state index is 0.0789. The zero-order valence-electron chi connectivity index (χ0n) is 14.4. The molecule has 1 unspecified atom stereocenters. The second-order valence-electron chi connectivity index (χ2n) is 5.98. The maximum Gasteiger partial charge on any atom is 0.305 e.